The molecule has 2 N–H and O–H groups in total. The summed E-state index contributed by atoms with van der Waals surface area (Å²) in [6.07, 6.45) is 2.47. The van der Waals surface area contributed by atoms with Crippen LogP contribution in [0.25, 0.3) is 10.9 Å². The van der Waals surface area contributed by atoms with E-state index in [0.717, 1.165) is 11.8 Å². The highest BCUT2D eigenvalue weighted by Crippen LogP contribution is 2.29. The Kier molecular flexibility index (Phi) is 6.37. The van der Waals surface area contributed by atoms with Gasteiger partial charge in [-0.3, -0.25) is 15.1 Å². The summed E-state index contributed by atoms with van der Waals surface area (Å²) in [4.78, 5) is 27.6. The fourth-order valence-corrected chi connectivity index (χ4v) is 2.27. The molecule has 0 radical (unpaired) electrons. The summed E-state index contributed by atoms with van der Waals surface area (Å²) < 4.78 is 5.47. The molecule has 1 aromatic carbocycles. The first-order valence-corrected chi connectivity index (χ1v) is 8.09. The third-order valence-corrected chi connectivity index (χ3v) is 3.63. The number of fused-ring (bicyclic) bond motifs is 1. The zero-order chi connectivity index (χ0) is 17.5. The second-order valence-electron chi connectivity index (χ2n) is 5.72. The Bertz CT molecular complexity index is 734. The molecule has 1 heterocycles. The maximum atomic E-state index is 11.8. The van der Waals surface area contributed by atoms with E-state index in [1.165, 1.54) is 0 Å². The number of amides is 3. The highest BCUT2D eigenvalue weighted by Gasteiger charge is 2.11. The standard InChI is InChI=1S/C17H20ClN3O3/c1-11(2)7-9-20-17(23)21-15(22)10-24-14-6-5-13(18)12-4-3-8-19-16(12)14/h3-6,8,11H,7,9-10H2,1-2H3,(H2,20,21,22,23). The van der Waals surface area contributed by atoms with E-state index < -0.39 is 11.9 Å². The molecule has 24 heavy (non-hydrogen) atoms. The molecule has 0 atom stereocenters. The number of imide groups is 1. The van der Waals surface area contributed by atoms with Gasteiger partial charge in [0.1, 0.15) is 11.3 Å². The van der Waals surface area contributed by atoms with Gasteiger partial charge < -0.3 is 10.1 Å². The molecule has 0 saturated heterocycles. The smallest absolute Gasteiger partial charge is 0.321 e. The average molecular weight is 350 g/mol. The van der Waals surface area contributed by atoms with Crippen LogP contribution in [0.2, 0.25) is 5.02 Å². The second kappa shape index (κ2) is 8.49. The van der Waals surface area contributed by atoms with Crippen molar-refractivity contribution in [2.45, 2.75) is 20.3 Å². The Morgan fingerprint density at radius 3 is 2.83 bits per heavy atom. The number of rotatable bonds is 6. The number of benzene rings is 1. The number of hydrogen-bond acceptors (Lipinski definition) is 4. The van der Waals surface area contributed by atoms with E-state index in [0.29, 0.717) is 28.8 Å². The number of carbonyl (C=O) groups is 2. The Balaban J connectivity index is 1.88. The Morgan fingerprint density at radius 2 is 2.08 bits per heavy atom. The van der Waals surface area contributed by atoms with Crippen molar-refractivity contribution >= 4 is 34.4 Å². The number of nitrogens with zero attached hydrogens (tertiary/aromatic N) is 1. The number of nitrogens with one attached hydrogen (secondary N) is 2. The minimum Gasteiger partial charge on any atom is -0.481 e. The third-order valence-electron chi connectivity index (χ3n) is 3.30. The van der Waals surface area contributed by atoms with Crippen molar-refractivity contribution in [2.75, 3.05) is 13.2 Å². The molecule has 0 aliphatic rings. The van der Waals surface area contributed by atoms with E-state index in [1.807, 2.05) is 6.07 Å². The highest BCUT2D eigenvalue weighted by molar-refractivity contribution is 6.35. The van der Waals surface area contributed by atoms with Crippen molar-refractivity contribution < 1.29 is 14.3 Å². The van der Waals surface area contributed by atoms with Crippen LogP contribution in [-0.2, 0) is 4.79 Å². The number of hydrogen-bond donors (Lipinski definition) is 2. The maximum absolute atomic E-state index is 11.8. The molecule has 0 bridgehead atoms. The largest absolute Gasteiger partial charge is 0.481 e. The molecular weight excluding hydrogens is 330 g/mol. The van der Waals surface area contributed by atoms with Gasteiger partial charge in [-0.15, -0.1) is 0 Å². The van der Waals surface area contributed by atoms with Crippen LogP contribution in [0.4, 0.5) is 4.79 Å². The van der Waals surface area contributed by atoms with Crippen molar-refractivity contribution in [1.29, 1.82) is 0 Å². The van der Waals surface area contributed by atoms with Gasteiger partial charge in [-0.05, 0) is 36.6 Å². The van der Waals surface area contributed by atoms with Crippen LogP contribution in [0.3, 0.4) is 0 Å². The zero-order valence-electron chi connectivity index (χ0n) is 13.6. The Morgan fingerprint density at radius 1 is 1.29 bits per heavy atom. The average Bonchev–Trinajstić information content (AvgIpc) is 2.54. The number of aromatic nitrogens is 1. The van der Waals surface area contributed by atoms with Crippen LogP contribution < -0.4 is 15.4 Å². The molecule has 128 valence electrons. The lowest BCUT2D eigenvalue weighted by atomic mass is 10.1. The number of urea groups is 1. The summed E-state index contributed by atoms with van der Waals surface area (Å²) in [6, 6.07) is 6.39. The van der Waals surface area contributed by atoms with Crippen molar-refractivity contribution in [2.24, 2.45) is 5.92 Å². The normalized spacial score (nSPS) is 10.7. The van der Waals surface area contributed by atoms with Gasteiger partial charge >= 0.3 is 6.03 Å². The van der Waals surface area contributed by atoms with Crippen LogP contribution >= 0.6 is 11.6 Å². The van der Waals surface area contributed by atoms with Gasteiger partial charge in [0.2, 0.25) is 0 Å². The van der Waals surface area contributed by atoms with Gasteiger partial charge in [0.15, 0.2) is 6.61 Å². The number of halogens is 1. The Hall–Kier alpha value is -2.34. The molecule has 6 nitrogen and oxygen atoms in total. The van der Waals surface area contributed by atoms with Gasteiger partial charge in [0.25, 0.3) is 5.91 Å². The van der Waals surface area contributed by atoms with Crippen LogP contribution in [0.5, 0.6) is 5.75 Å². The summed E-state index contributed by atoms with van der Waals surface area (Å²) >= 11 is 6.10. The molecule has 0 saturated carbocycles. The molecule has 0 fully saturated rings. The van der Waals surface area contributed by atoms with E-state index in [4.69, 9.17) is 16.3 Å². The lowest BCUT2D eigenvalue weighted by Gasteiger charge is -2.10. The summed E-state index contributed by atoms with van der Waals surface area (Å²) in [5, 5.41) is 6.14. The van der Waals surface area contributed by atoms with Gasteiger partial charge in [-0.1, -0.05) is 25.4 Å². The van der Waals surface area contributed by atoms with Gasteiger partial charge in [0, 0.05) is 18.1 Å². The predicted molar refractivity (Wildman–Crippen MR) is 93.2 cm³/mol. The van der Waals surface area contributed by atoms with Crippen molar-refractivity contribution in [3.05, 3.63) is 35.5 Å². The van der Waals surface area contributed by atoms with Crippen molar-refractivity contribution in [3.8, 4) is 5.75 Å². The van der Waals surface area contributed by atoms with Crippen molar-refractivity contribution in [1.82, 2.24) is 15.6 Å². The maximum Gasteiger partial charge on any atom is 0.321 e. The van der Waals surface area contributed by atoms with Crippen LogP contribution in [0.1, 0.15) is 20.3 Å². The van der Waals surface area contributed by atoms with Crippen LogP contribution in [0, 0.1) is 5.92 Å². The van der Waals surface area contributed by atoms with Gasteiger partial charge in [-0.25, -0.2) is 4.79 Å². The summed E-state index contributed by atoms with van der Waals surface area (Å²) in [5.41, 5.74) is 0.569. The van der Waals surface area contributed by atoms with E-state index in [-0.39, 0.29) is 6.61 Å². The first-order chi connectivity index (χ1) is 11.5. The predicted octanol–water partition coefficient (Wildman–Crippen LogP) is 3.14. The number of pyridine rings is 1. The lowest BCUT2D eigenvalue weighted by molar-refractivity contribution is -0.121. The highest BCUT2D eigenvalue weighted by atomic mass is 35.5. The first-order valence-electron chi connectivity index (χ1n) is 7.71. The molecule has 0 aliphatic carbocycles. The molecular formula is C17H20ClN3O3. The summed E-state index contributed by atoms with van der Waals surface area (Å²) in [5.74, 6) is 0.386. The molecule has 0 spiro atoms. The van der Waals surface area contributed by atoms with Crippen molar-refractivity contribution in [3.63, 3.8) is 0 Å². The molecule has 0 unspecified atom stereocenters. The van der Waals surface area contributed by atoms with Crippen LogP contribution in [-0.4, -0.2) is 30.1 Å². The minimum absolute atomic E-state index is 0.287. The topological polar surface area (TPSA) is 80.3 Å². The second-order valence-corrected chi connectivity index (χ2v) is 6.13. The zero-order valence-corrected chi connectivity index (χ0v) is 14.4. The number of carbonyl (C=O) groups excluding carboxylic acids is 2. The monoisotopic (exact) mass is 349 g/mol. The molecule has 3 amide bonds. The molecule has 2 aromatic rings. The SMILES string of the molecule is CC(C)CCNC(=O)NC(=O)COc1ccc(Cl)c2cccnc12. The minimum atomic E-state index is -0.531. The Labute approximate surface area is 145 Å². The molecule has 0 aliphatic heterocycles. The first kappa shape index (κ1) is 18.0. The summed E-state index contributed by atoms with van der Waals surface area (Å²) in [6.45, 7) is 4.35. The summed E-state index contributed by atoms with van der Waals surface area (Å²) in [7, 11) is 0. The van der Waals surface area contributed by atoms with Crippen LogP contribution in [0.15, 0.2) is 30.5 Å². The lowest BCUT2D eigenvalue weighted by Crippen LogP contribution is -2.42. The van der Waals surface area contributed by atoms with E-state index in [9.17, 15) is 9.59 Å². The third kappa shape index (κ3) is 5.09. The number of ether oxygens (including phenoxy) is 1. The van der Waals surface area contributed by atoms with Gasteiger partial charge in [-0.2, -0.15) is 0 Å². The van der Waals surface area contributed by atoms with E-state index >= 15 is 0 Å². The van der Waals surface area contributed by atoms with E-state index in [2.05, 4.69) is 29.5 Å². The molecule has 2 rings (SSSR count). The fourth-order valence-electron chi connectivity index (χ4n) is 2.05. The fraction of sp³-hybridized carbons (Fsp3) is 0.353. The molecule has 7 heteroatoms. The van der Waals surface area contributed by atoms with Gasteiger partial charge in [0.05, 0.1) is 5.02 Å². The quantitative estimate of drug-likeness (QED) is 0.839. The molecule has 1 aromatic heterocycles. The van der Waals surface area contributed by atoms with E-state index in [1.54, 1.807) is 24.4 Å².